The van der Waals surface area contributed by atoms with Crippen LogP contribution in [-0.2, 0) is 11.6 Å². The summed E-state index contributed by atoms with van der Waals surface area (Å²) in [4.78, 5) is 42.3. The number of rotatable bonds is 1. The molecule has 0 aliphatic heterocycles. The highest BCUT2D eigenvalue weighted by atomic mass is 31.1. The number of non-ortho nitro benzene ring substituents is 1. The number of H-pyrrole nitrogens is 1. The number of aromatic amines is 1. The van der Waals surface area contributed by atoms with Gasteiger partial charge in [-0.1, -0.05) is 0 Å². The van der Waals surface area contributed by atoms with Gasteiger partial charge in [-0.15, -0.1) is 0 Å². The number of nitro benzene ring substituents is 1. The maximum absolute atomic E-state index is 11.3. The largest absolute Gasteiger partial charge is 0.346 e. The summed E-state index contributed by atoms with van der Waals surface area (Å²) in [6.07, 6.45) is 0. The second kappa shape index (κ2) is 6.27. The fraction of sp³-hybridized carbons (Fsp3) is 0.200. The van der Waals surface area contributed by atoms with E-state index in [4.69, 9.17) is 4.89 Å². The van der Waals surface area contributed by atoms with Crippen LogP contribution in [0.5, 0.6) is 0 Å². The Morgan fingerprint density at radius 3 is 2.45 bits per heavy atom. The highest BCUT2D eigenvalue weighted by Crippen LogP contribution is 2.16. The third-order valence-electron chi connectivity index (χ3n) is 2.30. The van der Waals surface area contributed by atoms with Crippen molar-refractivity contribution in [3.05, 3.63) is 49.0 Å². The zero-order valence-electron chi connectivity index (χ0n) is 10.6. The van der Waals surface area contributed by atoms with Gasteiger partial charge in [0.25, 0.3) is 5.69 Å². The highest BCUT2D eigenvalue weighted by molar-refractivity contribution is 7.36. The molecule has 9 nitrogen and oxygen atoms in total. The molecule has 0 radical (unpaired) electrons. The van der Waals surface area contributed by atoms with E-state index in [-0.39, 0.29) is 11.2 Å². The van der Waals surface area contributed by atoms with E-state index in [1.807, 2.05) is 0 Å². The number of benzene rings is 1. The number of nitrogens with zero attached hydrogens (tertiary/aromatic N) is 2. The van der Waals surface area contributed by atoms with Gasteiger partial charge in [-0.05, 0) is 6.07 Å². The van der Waals surface area contributed by atoms with E-state index >= 15 is 0 Å². The normalized spacial score (nSPS) is 11.6. The van der Waals surface area contributed by atoms with Gasteiger partial charge in [0, 0.05) is 25.8 Å². The Kier molecular flexibility index (Phi) is 4.95. The van der Waals surface area contributed by atoms with Gasteiger partial charge in [0.05, 0.1) is 16.0 Å². The minimum atomic E-state index is -2.13. The Bertz CT molecular complexity index is 790. The first-order valence-electron chi connectivity index (χ1n) is 5.31. The van der Waals surface area contributed by atoms with Crippen LogP contribution in [0.25, 0.3) is 11.0 Å². The Morgan fingerprint density at radius 1 is 1.40 bits per heavy atom. The van der Waals surface area contributed by atoms with Crippen LogP contribution < -0.4 is 11.1 Å². The van der Waals surface area contributed by atoms with E-state index in [9.17, 15) is 24.3 Å². The number of hydrogen-bond acceptors (Lipinski definition) is 5. The topological polar surface area (TPSA) is 135 Å². The summed E-state index contributed by atoms with van der Waals surface area (Å²) in [6.45, 7) is 1.27. The van der Waals surface area contributed by atoms with E-state index in [0.717, 1.165) is 4.57 Å². The molecule has 10 heteroatoms. The van der Waals surface area contributed by atoms with E-state index < -0.39 is 24.1 Å². The number of nitrogens with one attached hydrogen (secondary N) is 1. The van der Waals surface area contributed by atoms with Gasteiger partial charge in [0.1, 0.15) is 0 Å². The average molecular weight is 301 g/mol. The number of nitro groups is 1. The molecule has 108 valence electrons. The van der Waals surface area contributed by atoms with Crippen LogP contribution in [0, 0.1) is 10.1 Å². The van der Waals surface area contributed by atoms with Gasteiger partial charge in [-0.3, -0.25) is 24.3 Å². The van der Waals surface area contributed by atoms with Gasteiger partial charge >= 0.3 is 11.1 Å². The summed E-state index contributed by atoms with van der Waals surface area (Å²) in [7, 11) is -0.693. The van der Waals surface area contributed by atoms with Crippen molar-refractivity contribution >= 4 is 24.7 Å². The van der Waals surface area contributed by atoms with Crippen molar-refractivity contribution in [2.45, 2.75) is 0 Å². The molecular formula is C10H12N3O6P. The minimum absolute atomic E-state index is 0.137. The molecule has 1 atom stereocenters. The van der Waals surface area contributed by atoms with Gasteiger partial charge in [-0.2, -0.15) is 0 Å². The third kappa shape index (κ3) is 3.62. The standard InChI is InChI=1S/C9H7N3O4.CH5O2P/c1-11-7-3-2-5(12(15)16)4-6(7)10-8(13)9(11)14;1-4(2)3/h2-4H,1H3,(H,10,13);4H,1H3,(H,2,3). The monoisotopic (exact) mass is 301 g/mol. The first-order chi connectivity index (χ1) is 9.23. The lowest BCUT2D eigenvalue weighted by Crippen LogP contribution is -2.34. The highest BCUT2D eigenvalue weighted by Gasteiger charge is 2.09. The Labute approximate surface area is 112 Å². The van der Waals surface area contributed by atoms with Crippen LogP contribution in [0.2, 0.25) is 0 Å². The first kappa shape index (κ1) is 15.8. The zero-order valence-corrected chi connectivity index (χ0v) is 11.6. The van der Waals surface area contributed by atoms with Gasteiger partial charge in [0.15, 0.2) is 8.03 Å². The molecule has 0 aliphatic carbocycles. The molecule has 1 aromatic heterocycles. The maximum atomic E-state index is 11.3. The molecule has 2 aromatic rings. The second-order valence-corrected chi connectivity index (χ2v) is 4.83. The molecule has 0 saturated heterocycles. The van der Waals surface area contributed by atoms with Crippen molar-refractivity contribution in [3.63, 3.8) is 0 Å². The van der Waals surface area contributed by atoms with Crippen LogP contribution in [0.1, 0.15) is 0 Å². The second-order valence-electron chi connectivity index (χ2n) is 3.80. The van der Waals surface area contributed by atoms with Crippen LogP contribution in [-0.4, -0.2) is 26.0 Å². The Hall–Kier alpha value is -2.25. The molecule has 2 rings (SSSR count). The number of aryl methyl sites for hydroxylation is 1. The van der Waals surface area contributed by atoms with Crippen molar-refractivity contribution in [3.8, 4) is 0 Å². The molecular weight excluding hydrogens is 289 g/mol. The summed E-state index contributed by atoms with van der Waals surface area (Å²) in [5.41, 5.74) is -0.921. The van der Waals surface area contributed by atoms with Crippen LogP contribution >= 0.6 is 8.03 Å². The van der Waals surface area contributed by atoms with Gasteiger partial charge < -0.3 is 14.4 Å². The fourth-order valence-electron chi connectivity index (χ4n) is 1.47. The van der Waals surface area contributed by atoms with Crippen LogP contribution in [0.4, 0.5) is 5.69 Å². The average Bonchev–Trinajstić information content (AvgIpc) is 2.34. The molecule has 0 saturated carbocycles. The summed E-state index contributed by atoms with van der Waals surface area (Å²) >= 11 is 0. The molecule has 0 fully saturated rings. The fourth-order valence-corrected chi connectivity index (χ4v) is 1.47. The number of hydrogen-bond donors (Lipinski definition) is 2. The predicted octanol–water partition coefficient (Wildman–Crippen LogP) is 0.218. The minimum Gasteiger partial charge on any atom is -0.346 e. The zero-order chi connectivity index (χ0) is 15.4. The smallest absolute Gasteiger partial charge is 0.316 e. The van der Waals surface area contributed by atoms with Gasteiger partial charge in [-0.25, -0.2) is 0 Å². The summed E-state index contributed by atoms with van der Waals surface area (Å²) in [5, 5.41) is 10.5. The molecule has 0 spiro atoms. The predicted molar refractivity (Wildman–Crippen MR) is 73.6 cm³/mol. The molecule has 2 N–H and O–H groups in total. The van der Waals surface area contributed by atoms with Crippen molar-refractivity contribution in [1.29, 1.82) is 0 Å². The van der Waals surface area contributed by atoms with Gasteiger partial charge in [0.2, 0.25) is 0 Å². The van der Waals surface area contributed by atoms with E-state index in [2.05, 4.69) is 4.98 Å². The molecule has 1 heterocycles. The summed E-state index contributed by atoms with van der Waals surface area (Å²) in [5.74, 6) is 0. The van der Waals surface area contributed by atoms with E-state index in [1.165, 1.54) is 31.9 Å². The lowest BCUT2D eigenvalue weighted by molar-refractivity contribution is -0.384. The molecule has 0 bridgehead atoms. The van der Waals surface area contributed by atoms with E-state index in [1.54, 1.807) is 0 Å². The molecule has 0 aliphatic rings. The van der Waals surface area contributed by atoms with E-state index in [0.29, 0.717) is 5.52 Å². The molecule has 1 aromatic carbocycles. The van der Waals surface area contributed by atoms with Crippen molar-refractivity contribution in [2.75, 3.05) is 6.66 Å². The Morgan fingerprint density at radius 2 is 1.95 bits per heavy atom. The lowest BCUT2D eigenvalue weighted by atomic mass is 10.2. The van der Waals surface area contributed by atoms with Crippen LogP contribution in [0.3, 0.4) is 0 Å². The molecule has 0 amide bonds. The number of aromatic nitrogens is 2. The Balaban J connectivity index is 0.000000444. The molecule has 20 heavy (non-hydrogen) atoms. The summed E-state index contributed by atoms with van der Waals surface area (Å²) in [6, 6.07) is 3.92. The molecule has 1 unspecified atom stereocenters. The first-order valence-corrected chi connectivity index (χ1v) is 7.16. The van der Waals surface area contributed by atoms with Crippen molar-refractivity contribution in [2.24, 2.45) is 7.05 Å². The lowest BCUT2D eigenvalue weighted by Gasteiger charge is -2.02. The third-order valence-corrected chi connectivity index (χ3v) is 2.30. The summed E-state index contributed by atoms with van der Waals surface area (Å²) < 4.78 is 10.3. The quantitative estimate of drug-likeness (QED) is 0.334. The SMILES string of the molecule is C[PH](=O)O.Cn1c(=O)c(=O)[nH]c2cc([N+](=O)[O-])ccc21. The maximum Gasteiger partial charge on any atom is 0.316 e. The number of fused-ring (bicyclic) bond motifs is 1. The van der Waals surface area contributed by atoms with Crippen molar-refractivity contribution < 1.29 is 14.4 Å². The van der Waals surface area contributed by atoms with Crippen molar-refractivity contribution in [1.82, 2.24) is 9.55 Å². The van der Waals surface area contributed by atoms with Crippen LogP contribution in [0.15, 0.2) is 27.8 Å².